The van der Waals surface area contributed by atoms with E-state index in [1.807, 2.05) is 11.0 Å². The lowest BCUT2D eigenvalue weighted by molar-refractivity contribution is 0.134. The van der Waals surface area contributed by atoms with E-state index >= 15 is 0 Å². The van der Waals surface area contributed by atoms with Crippen molar-refractivity contribution in [2.75, 3.05) is 56.4 Å². The highest BCUT2D eigenvalue weighted by atomic mass is 19.1. The van der Waals surface area contributed by atoms with Crippen LogP contribution >= 0.6 is 0 Å². The molecule has 6 heterocycles. The summed E-state index contributed by atoms with van der Waals surface area (Å²) in [6.07, 6.45) is -0.528. The molecular formula is C28H30F3N9O3. The number of nitrogen functional groups attached to an aromatic ring is 1. The summed E-state index contributed by atoms with van der Waals surface area (Å²) in [4.78, 5) is 21.8. The highest BCUT2D eigenvalue weighted by molar-refractivity contribution is 5.91. The fourth-order valence-electron chi connectivity index (χ4n) is 5.88. The molecule has 15 heteroatoms. The van der Waals surface area contributed by atoms with E-state index in [1.165, 1.54) is 15.1 Å². The molecule has 0 radical (unpaired) electrons. The van der Waals surface area contributed by atoms with E-state index in [4.69, 9.17) is 14.9 Å². The number of ether oxygens (including phenoxy) is 1. The summed E-state index contributed by atoms with van der Waals surface area (Å²) in [5.41, 5.74) is 8.49. The number of benzene rings is 1. The first-order valence-electron chi connectivity index (χ1n) is 14.0. The number of hydrogen-bond donors (Lipinski definition) is 2. The zero-order valence-electron chi connectivity index (χ0n) is 23.3. The maximum atomic E-state index is 14.8. The lowest BCUT2D eigenvalue weighted by Gasteiger charge is -2.36. The Morgan fingerprint density at radius 2 is 1.93 bits per heavy atom. The first kappa shape index (κ1) is 27.3. The Hall–Kier alpha value is -4.50. The van der Waals surface area contributed by atoms with E-state index in [-0.39, 0.29) is 36.2 Å². The van der Waals surface area contributed by atoms with Gasteiger partial charge < -0.3 is 25.1 Å². The number of piperazine rings is 1. The standard InChI is InChI=1S/C28H30F3N9O3/c1-36-25-21-12-19(22-3-2-10-42-22)35-40(21)27(32)34-26(25)39(28(36)41)9-6-37-4-7-38(8-5-37)20-13-23(17(30)11-16(20)29)43-24-15-33-14-18(24)31/h2-3,10-13,18,24,33H,4-9,14-15H2,1H3,(H2,32,34)/t18-,24-/m0/s1. The first-order chi connectivity index (χ1) is 20.8. The molecular weight excluding hydrogens is 567 g/mol. The molecule has 2 atom stereocenters. The lowest BCUT2D eigenvalue weighted by atomic mass is 10.2. The van der Waals surface area contributed by atoms with Crippen LogP contribution in [0.5, 0.6) is 5.75 Å². The second kappa shape index (κ2) is 10.6. The molecule has 5 aromatic rings. The van der Waals surface area contributed by atoms with Gasteiger partial charge in [0.15, 0.2) is 29.1 Å². The van der Waals surface area contributed by atoms with E-state index in [2.05, 4.69) is 20.3 Å². The molecule has 0 unspecified atom stereocenters. The number of nitrogens with one attached hydrogen (secondary N) is 1. The van der Waals surface area contributed by atoms with Crippen LogP contribution in [-0.2, 0) is 13.6 Å². The number of hydrogen-bond acceptors (Lipinski definition) is 9. The summed E-state index contributed by atoms with van der Waals surface area (Å²) >= 11 is 0. The number of rotatable bonds is 7. The van der Waals surface area contributed by atoms with Crippen molar-refractivity contribution in [3.63, 3.8) is 0 Å². The minimum absolute atomic E-state index is 0.136. The van der Waals surface area contributed by atoms with Gasteiger partial charge in [-0.1, -0.05) is 0 Å². The van der Waals surface area contributed by atoms with Crippen LogP contribution in [0.25, 0.3) is 28.1 Å². The quantitative estimate of drug-likeness (QED) is 0.290. The molecule has 1 aromatic carbocycles. The Kier molecular flexibility index (Phi) is 6.77. The van der Waals surface area contributed by atoms with Crippen LogP contribution in [0, 0.1) is 11.6 Å². The van der Waals surface area contributed by atoms with Gasteiger partial charge in [-0.05, 0) is 18.2 Å². The van der Waals surface area contributed by atoms with Crippen LogP contribution < -0.4 is 26.4 Å². The Morgan fingerprint density at radius 1 is 1.12 bits per heavy atom. The van der Waals surface area contributed by atoms with Crippen LogP contribution in [0.2, 0.25) is 0 Å². The summed E-state index contributed by atoms with van der Waals surface area (Å²) in [7, 11) is 1.68. The van der Waals surface area contributed by atoms with Gasteiger partial charge in [-0.15, -0.1) is 0 Å². The van der Waals surface area contributed by atoms with Crippen molar-refractivity contribution in [1.82, 2.24) is 33.9 Å². The topological polar surface area (TPSA) is 124 Å². The number of fused-ring (bicyclic) bond motifs is 3. The number of halogens is 3. The predicted octanol–water partition coefficient (Wildman–Crippen LogP) is 2.01. The minimum atomic E-state index is -1.26. The number of alkyl halides is 1. The normalized spacial score (nSPS) is 19.7. The Balaban J connectivity index is 1.06. The van der Waals surface area contributed by atoms with Crippen LogP contribution in [0.3, 0.4) is 0 Å². The molecule has 7 rings (SSSR count). The van der Waals surface area contributed by atoms with E-state index in [0.717, 1.165) is 6.07 Å². The SMILES string of the molecule is Cn1c(=O)n(CCN2CCN(c3cc(O[C@H]4CNC[C@@H]4F)c(F)cc3F)CC2)c2nc(N)n3nc(-c4ccco4)cc3c21. The zero-order chi connectivity index (χ0) is 29.8. The third-order valence-electron chi connectivity index (χ3n) is 8.20. The maximum absolute atomic E-state index is 14.8. The van der Waals surface area contributed by atoms with E-state index in [1.54, 1.807) is 30.0 Å². The molecule has 12 nitrogen and oxygen atoms in total. The fourth-order valence-corrected chi connectivity index (χ4v) is 5.88. The van der Waals surface area contributed by atoms with Crippen molar-refractivity contribution in [1.29, 1.82) is 0 Å². The molecule has 2 fully saturated rings. The number of aromatic nitrogens is 5. The predicted molar refractivity (Wildman–Crippen MR) is 153 cm³/mol. The van der Waals surface area contributed by atoms with Crippen molar-refractivity contribution >= 4 is 28.3 Å². The number of nitrogens with zero attached hydrogens (tertiary/aromatic N) is 7. The number of imidazole rings is 1. The van der Waals surface area contributed by atoms with Gasteiger partial charge >= 0.3 is 5.69 Å². The molecule has 3 N–H and O–H groups in total. The summed E-state index contributed by atoms with van der Waals surface area (Å²) in [5.74, 6) is -1.01. The first-order valence-corrected chi connectivity index (χ1v) is 14.0. The van der Waals surface area contributed by atoms with E-state index in [9.17, 15) is 18.0 Å². The van der Waals surface area contributed by atoms with Crippen molar-refractivity contribution in [2.24, 2.45) is 7.05 Å². The highest BCUT2D eigenvalue weighted by Crippen LogP contribution is 2.31. The third kappa shape index (κ3) is 4.77. The molecule has 0 amide bonds. The Bertz CT molecular complexity index is 1860. The second-order valence-corrected chi connectivity index (χ2v) is 10.8. The molecule has 2 saturated heterocycles. The summed E-state index contributed by atoms with van der Waals surface area (Å²) in [6, 6.07) is 7.47. The van der Waals surface area contributed by atoms with Crippen LogP contribution in [0.1, 0.15) is 0 Å². The van der Waals surface area contributed by atoms with Crippen LogP contribution in [0.15, 0.2) is 45.8 Å². The van der Waals surface area contributed by atoms with E-state index < -0.39 is 23.9 Å². The monoisotopic (exact) mass is 597 g/mol. The average molecular weight is 598 g/mol. The van der Waals surface area contributed by atoms with Gasteiger partial charge in [0.05, 0.1) is 17.5 Å². The van der Waals surface area contributed by atoms with Gasteiger partial charge in [-0.2, -0.15) is 14.6 Å². The average Bonchev–Trinajstić information content (AvgIpc) is 3.79. The summed E-state index contributed by atoms with van der Waals surface area (Å²) in [5, 5.41) is 7.36. The molecule has 2 aliphatic rings. The van der Waals surface area contributed by atoms with Gasteiger partial charge in [0.1, 0.15) is 23.1 Å². The fraction of sp³-hybridized carbons (Fsp3) is 0.393. The van der Waals surface area contributed by atoms with Crippen LogP contribution in [-0.4, -0.2) is 86.7 Å². The molecule has 43 heavy (non-hydrogen) atoms. The molecule has 0 bridgehead atoms. The minimum Gasteiger partial charge on any atom is -0.483 e. The lowest BCUT2D eigenvalue weighted by Crippen LogP contribution is -2.47. The molecule has 0 spiro atoms. The number of furan rings is 1. The summed E-state index contributed by atoms with van der Waals surface area (Å²) in [6.45, 7) is 3.41. The number of aryl methyl sites for hydroxylation is 1. The van der Waals surface area contributed by atoms with Crippen molar-refractivity contribution in [3.8, 4) is 17.2 Å². The van der Waals surface area contributed by atoms with Crippen molar-refractivity contribution < 1.29 is 22.3 Å². The van der Waals surface area contributed by atoms with Crippen molar-refractivity contribution in [3.05, 3.63) is 58.7 Å². The molecule has 4 aromatic heterocycles. The largest absolute Gasteiger partial charge is 0.483 e. The number of anilines is 2. The van der Waals surface area contributed by atoms with Crippen LogP contribution in [0.4, 0.5) is 24.8 Å². The maximum Gasteiger partial charge on any atom is 0.330 e. The second-order valence-electron chi connectivity index (χ2n) is 10.8. The van der Waals surface area contributed by atoms with Gasteiger partial charge in [-0.3, -0.25) is 14.0 Å². The third-order valence-corrected chi connectivity index (χ3v) is 8.20. The van der Waals surface area contributed by atoms with E-state index in [0.29, 0.717) is 67.4 Å². The van der Waals surface area contributed by atoms with Crippen molar-refractivity contribution in [2.45, 2.75) is 18.8 Å². The Labute approximate surface area is 243 Å². The Morgan fingerprint density at radius 3 is 2.65 bits per heavy atom. The molecule has 0 aliphatic carbocycles. The molecule has 2 aliphatic heterocycles. The number of nitrogens with two attached hydrogens (primary N) is 1. The highest BCUT2D eigenvalue weighted by Gasteiger charge is 2.30. The molecule has 226 valence electrons. The van der Waals surface area contributed by atoms with Gasteiger partial charge in [0.2, 0.25) is 5.95 Å². The van der Waals surface area contributed by atoms with Gasteiger partial charge in [0.25, 0.3) is 0 Å². The molecule has 0 saturated carbocycles. The smallest absolute Gasteiger partial charge is 0.330 e. The van der Waals surface area contributed by atoms with Gasteiger partial charge in [-0.25, -0.2) is 18.0 Å². The summed E-state index contributed by atoms with van der Waals surface area (Å²) < 4.78 is 58.9. The zero-order valence-corrected chi connectivity index (χ0v) is 23.3. The van der Waals surface area contributed by atoms with Gasteiger partial charge in [0, 0.05) is 71.5 Å².